The smallest absolute Gasteiger partial charge is 0.294 e. The summed E-state index contributed by atoms with van der Waals surface area (Å²) in [6.07, 6.45) is 0.715. The largest absolute Gasteiger partial charge is 0.496 e. The molecule has 2 aromatic carbocycles. The van der Waals surface area contributed by atoms with Crippen molar-refractivity contribution < 1.29 is 30.7 Å². The molecule has 0 aliphatic heterocycles. The summed E-state index contributed by atoms with van der Waals surface area (Å²) in [5.41, 5.74) is 2.78. The number of rotatable bonds is 3. The van der Waals surface area contributed by atoms with Crippen molar-refractivity contribution in [1.29, 1.82) is 0 Å². The van der Waals surface area contributed by atoms with Crippen molar-refractivity contribution in [2.24, 2.45) is 0 Å². The molecule has 9 heteroatoms. The van der Waals surface area contributed by atoms with Crippen LogP contribution < -0.4 is 4.74 Å². The van der Waals surface area contributed by atoms with E-state index in [0.717, 1.165) is 16.7 Å². The van der Waals surface area contributed by atoms with Gasteiger partial charge in [-0.3, -0.25) is 9.11 Å². The highest BCUT2D eigenvalue weighted by Crippen LogP contribution is 2.31. The van der Waals surface area contributed by atoms with E-state index in [1.165, 1.54) is 12.1 Å². The molecule has 0 aliphatic rings. The molecule has 0 aliphatic carbocycles. The van der Waals surface area contributed by atoms with Crippen molar-refractivity contribution in [3.8, 4) is 16.9 Å². The summed E-state index contributed by atoms with van der Waals surface area (Å²) in [7, 11) is -6.24. The van der Waals surface area contributed by atoms with Crippen LogP contribution in [-0.2, 0) is 20.2 Å². The van der Waals surface area contributed by atoms with Crippen molar-refractivity contribution in [1.82, 2.24) is 0 Å². The molecule has 0 unspecified atom stereocenters. The van der Waals surface area contributed by atoms with E-state index in [9.17, 15) is 16.8 Å². The minimum Gasteiger partial charge on any atom is -0.496 e. The van der Waals surface area contributed by atoms with Crippen molar-refractivity contribution in [2.45, 2.75) is 11.8 Å². The van der Waals surface area contributed by atoms with Gasteiger partial charge in [-0.2, -0.15) is 16.8 Å². The molecule has 0 bridgehead atoms. The minimum absolute atomic E-state index is 0.122. The van der Waals surface area contributed by atoms with Gasteiger partial charge in [-0.1, -0.05) is 23.8 Å². The Hall–Kier alpha value is -1.94. The number of benzene rings is 2. The molecule has 24 heavy (non-hydrogen) atoms. The normalized spacial score (nSPS) is 11.4. The third-order valence-electron chi connectivity index (χ3n) is 2.82. The fraction of sp³-hybridized carbons (Fsp3) is 0.200. The quantitative estimate of drug-likeness (QED) is 0.792. The molecule has 0 radical (unpaired) electrons. The highest BCUT2D eigenvalue weighted by Gasteiger charge is 2.11. The lowest BCUT2D eigenvalue weighted by Crippen LogP contribution is -1.97. The molecular formula is C15H18O7S2. The first kappa shape index (κ1) is 20.1. The maximum atomic E-state index is 11.0. The van der Waals surface area contributed by atoms with E-state index >= 15 is 0 Å². The monoisotopic (exact) mass is 374 g/mol. The Morgan fingerprint density at radius 2 is 1.42 bits per heavy atom. The average molecular weight is 374 g/mol. The molecule has 0 fully saturated rings. The van der Waals surface area contributed by atoms with Crippen LogP contribution >= 0.6 is 0 Å². The van der Waals surface area contributed by atoms with Crippen LogP contribution in [0.2, 0.25) is 0 Å². The zero-order valence-electron chi connectivity index (χ0n) is 13.3. The number of hydrogen-bond acceptors (Lipinski definition) is 5. The molecule has 0 aromatic heterocycles. The molecule has 0 spiro atoms. The summed E-state index contributed by atoms with van der Waals surface area (Å²) in [5, 5.41) is 0. The second-order valence-corrected chi connectivity index (χ2v) is 7.82. The Morgan fingerprint density at radius 3 is 1.83 bits per heavy atom. The Kier molecular flexibility index (Phi) is 6.50. The second kappa shape index (κ2) is 7.75. The summed E-state index contributed by atoms with van der Waals surface area (Å²) in [5.74, 6) is 0.713. The van der Waals surface area contributed by atoms with Crippen LogP contribution in [0.25, 0.3) is 11.1 Å². The van der Waals surface area contributed by atoms with Crippen molar-refractivity contribution in [3.63, 3.8) is 0 Å². The predicted molar refractivity (Wildman–Crippen MR) is 90.5 cm³/mol. The van der Waals surface area contributed by atoms with Gasteiger partial charge in [-0.05, 0) is 36.8 Å². The topological polar surface area (TPSA) is 118 Å². The van der Waals surface area contributed by atoms with Gasteiger partial charge in [-0.15, -0.1) is 0 Å². The van der Waals surface area contributed by atoms with Gasteiger partial charge in [0, 0.05) is 5.56 Å². The molecule has 0 saturated heterocycles. The second-order valence-electron chi connectivity index (χ2n) is 4.94. The van der Waals surface area contributed by atoms with Crippen LogP contribution in [0.15, 0.2) is 47.4 Å². The first-order chi connectivity index (χ1) is 10.9. The number of ether oxygens (including phenoxy) is 1. The van der Waals surface area contributed by atoms with Crippen LogP contribution in [0.1, 0.15) is 5.56 Å². The molecule has 0 heterocycles. The minimum atomic E-state index is -4.16. The summed E-state index contributed by atoms with van der Waals surface area (Å²) >= 11 is 0. The highest BCUT2D eigenvalue weighted by atomic mass is 32.2. The molecule has 7 nitrogen and oxygen atoms in total. The molecule has 2 rings (SSSR count). The fourth-order valence-electron chi connectivity index (χ4n) is 1.85. The maximum absolute atomic E-state index is 11.0. The first-order valence-electron chi connectivity index (χ1n) is 6.57. The Bertz CT molecular complexity index is 891. The highest BCUT2D eigenvalue weighted by molar-refractivity contribution is 7.85. The van der Waals surface area contributed by atoms with E-state index in [4.69, 9.17) is 13.8 Å². The van der Waals surface area contributed by atoms with Crippen LogP contribution in [0.3, 0.4) is 0 Å². The van der Waals surface area contributed by atoms with Crippen molar-refractivity contribution in [2.75, 3.05) is 13.4 Å². The zero-order chi connectivity index (χ0) is 18.5. The third-order valence-corrected chi connectivity index (χ3v) is 3.69. The van der Waals surface area contributed by atoms with E-state index in [2.05, 4.69) is 0 Å². The van der Waals surface area contributed by atoms with Crippen LogP contribution in [0.5, 0.6) is 5.75 Å². The number of hydrogen-bond donors (Lipinski definition) is 2. The van der Waals surface area contributed by atoms with Gasteiger partial charge < -0.3 is 4.74 Å². The molecule has 132 valence electrons. The lowest BCUT2D eigenvalue weighted by atomic mass is 10.0. The van der Waals surface area contributed by atoms with Gasteiger partial charge in [0.2, 0.25) is 0 Å². The third kappa shape index (κ3) is 6.67. The van der Waals surface area contributed by atoms with Crippen LogP contribution in [-0.4, -0.2) is 39.3 Å². The fourth-order valence-corrected chi connectivity index (χ4v) is 2.33. The maximum Gasteiger partial charge on any atom is 0.294 e. The summed E-state index contributed by atoms with van der Waals surface area (Å²) < 4.78 is 62.1. The average Bonchev–Trinajstić information content (AvgIpc) is 2.45. The predicted octanol–water partition coefficient (Wildman–Crippen LogP) is 2.42. The lowest BCUT2D eigenvalue weighted by Gasteiger charge is -2.10. The van der Waals surface area contributed by atoms with E-state index < -0.39 is 20.2 Å². The van der Waals surface area contributed by atoms with E-state index in [-0.39, 0.29) is 4.90 Å². The summed E-state index contributed by atoms with van der Waals surface area (Å²) in [4.78, 5) is -0.122. The van der Waals surface area contributed by atoms with E-state index in [1.54, 1.807) is 19.2 Å². The van der Waals surface area contributed by atoms with E-state index in [0.29, 0.717) is 12.0 Å². The van der Waals surface area contributed by atoms with Gasteiger partial charge >= 0.3 is 0 Å². The summed E-state index contributed by atoms with van der Waals surface area (Å²) in [6, 6.07) is 11.8. The lowest BCUT2D eigenvalue weighted by molar-refractivity contribution is 0.416. The zero-order valence-corrected chi connectivity index (χ0v) is 14.9. The standard InChI is InChI=1S/C14H14O4S.CH4O3S/c1-10-3-8-14(18-2)13(9-10)11-4-6-12(7-5-11)19(15,16)17;1-5(2,3)4/h3-9H,1-2H3,(H,15,16,17);1H3,(H,2,3,4). The van der Waals surface area contributed by atoms with Crippen LogP contribution in [0.4, 0.5) is 0 Å². The molecule has 0 saturated carbocycles. The van der Waals surface area contributed by atoms with Gasteiger partial charge in [0.25, 0.3) is 20.2 Å². The Balaban J connectivity index is 0.000000505. The molecule has 0 amide bonds. The van der Waals surface area contributed by atoms with E-state index in [1.807, 2.05) is 25.1 Å². The molecular weight excluding hydrogens is 356 g/mol. The van der Waals surface area contributed by atoms with Gasteiger partial charge in [-0.25, -0.2) is 0 Å². The van der Waals surface area contributed by atoms with Gasteiger partial charge in [0.15, 0.2) is 0 Å². The number of aryl methyl sites for hydroxylation is 1. The summed E-state index contributed by atoms with van der Waals surface area (Å²) in [6.45, 7) is 1.97. The Labute approximate surface area is 141 Å². The Morgan fingerprint density at radius 1 is 0.917 bits per heavy atom. The van der Waals surface area contributed by atoms with Gasteiger partial charge in [0.05, 0.1) is 18.3 Å². The van der Waals surface area contributed by atoms with Crippen LogP contribution in [0, 0.1) is 6.92 Å². The molecule has 0 atom stereocenters. The SMILES string of the molecule is COc1ccc(C)cc1-c1ccc(S(=O)(=O)O)cc1.CS(=O)(=O)O. The first-order valence-corrected chi connectivity index (χ1v) is 9.85. The molecule has 2 N–H and O–H groups in total. The van der Waals surface area contributed by atoms with Gasteiger partial charge in [0.1, 0.15) is 5.75 Å². The number of methoxy groups -OCH3 is 1. The van der Waals surface area contributed by atoms with Crippen molar-refractivity contribution >= 4 is 20.2 Å². The molecule has 2 aromatic rings. The van der Waals surface area contributed by atoms with Crippen molar-refractivity contribution in [3.05, 3.63) is 48.0 Å².